The van der Waals surface area contributed by atoms with E-state index in [0.29, 0.717) is 32.7 Å². The topological polar surface area (TPSA) is 81.9 Å². The van der Waals surface area contributed by atoms with Crippen LogP contribution in [0.5, 0.6) is 0 Å². The van der Waals surface area contributed by atoms with Gasteiger partial charge in [-0.05, 0) is 41.8 Å². The molecule has 2 N–H and O–H groups in total. The van der Waals surface area contributed by atoms with Gasteiger partial charge in [-0.2, -0.15) is 0 Å². The summed E-state index contributed by atoms with van der Waals surface area (Å²) in [6, 6.07) is 12.4. The lowest BCUT2D eigenvalue weighted by molar-refractivity contribution is -0.124. The molecule has 7 heteroatoms. The highest BCUT2D eigenvalue weighted by Crippen LogP contribution is 2.35. The van der Waals surface area contributed by atoms with Crippen molar-refractivity contribution >= 4 is 23.0 Å². The second kappa shape index (κ2) is 12.4. The average Bonchev–Trinajstić information content (AvgIpc) is 3.45. The summed E-state index contributed by atoms with van der Waals surface area (Å²) in [5, 5.41) is 2.15. The number of ether oxygens (including phenoxy) is 2. The van der Waals surface area contributed by atoms with Crippen LogP contribution in [0.3, 0.4) is 0 Å². The molecule has 1 saturated heterocycles. The molecule has 1 aliphatic carbocycles. The summed E-state index contributed by atoms with van der Waals surface area (Å²) in [6.07, 6.45) is 7.36. The van der Waals surface area contributed by atoms with Crippen molar-refractivity contribution in [2.24, 2.45) is 11.7 Å². The molecule has 0 spiro atoms. The van der Waals surface area contributed by atoms with Gasteiger partial charge in [0, 0.05) is 36.7 Å². The molecule has 3 atom stereocenters. The Labute approximate surface area is 205 Å². The molecule has 6 nitrogen and oxygen atoms in total. The van der Waals surface area contributed by atoms with Crippen LogP contribution in [-0.4, -0.2) is 55.0 Å². The molecule has 0 radical (unpaired) electrons. The highest BCUT2D eigenvalue weighted by atomic mass is 32.1. The van der Waals surface area contributed by atoms with Gasteiger partial charge in [0.05, 0.1) is 32.0 Å². The molecule has 2 aromatic rings. The largest absolute Gasteiger partial charge is 0.379 e. The fraction of sp³-hybridized carbons (Fsp3) is 0.481. The van der Waals surface area contributed by atoms with Gasteiger partial charge in [0.15, 0.2) is 5.78 Å². The standard InChI is InChI=1S/C27H34N2O4S/c28-26(31)11-7-2-1-6-10-22-24(17-23(30)27(22)29-12-14-32-15-13-29)33-18-20-16-25(34-19-20)21-8-4-3-5-9-21/h1,3-6,8-9,16,19,22,24,27H,2,7,10-15,17-18H2,(H2,28,31)/b6-1-/t22-,24-,27+/m1/s1. The molecule has 4 rings (SSSR count). The molecule has 1 aromatic carbocycles. The Kier molecular flexibility index (Phi) is 9.04. The maximum Gasteiger partial charge on any atom is 0.217 e. The Bertz CT molecular complexity index is 968. The Morgan fingerprint density at radius 3 is 2.76 bits per heavy atom. The van der Waals surface area contributed by atoms with E-state index in [0.717, 1.165) is 37.9 Å². The van der Waals surface area contributed by atoms with Crippen LogP contribution in [0.25, 0.3) is 10.4 Å². The van der Waals surface area contributed by atoms with Crippen LogP contribution in [0.1, 0.15) is 37.7 Å². The van der Waals surface area contributed by atoms with Gasteiger partial charge >= 0.3 is 0 Å². The van der Waals surface area contributed by atoms with Crippen LogP contribution in [0.4, 0.5) is 0 Å². The van der Waals surface area contributed by atoms with Crippen LogP contribution in [0, 0.1) is 5.92 Å². The van der Waals surface area contributed by atoms with Gasteiger partial charge in [-0.15, -0.1) is 11.3 Å². The van der Waals surface area contributed by atoms with E-state index >= 15 is 0 Å². The fourth-order valence-corrected chi connectivity index (χ4v) is 5.79. The first-order valence-electron chi connectivity index (χ1n) is 12.1. The van der Waals surface area contributed by atoms with Crippen molar-refractivity contribution in [3.05, 3.63) is 59.5 Å². The van der Waals surface area contributed by atoms with Crippen molar-refractivity contribution in [1.82, 2.24) is 4.90 Å². The highest BCUT2D eigenvalue weighted by molar-refractivity contribution is 7.13. The summed E-state index contributed by atoms with van der Waals surface area (Å²) in [5.74, 6) is 0.124. The molecule has 2 aliphatic rings. The van der Waals surface area contributed by atoms with E-state index in [9.17, 15) is 9.59 Å². The number of ketones is 1. The van der Waals surface area contributed by atoms with Gasteiger partial charge < -0.3 is 15.2 Å². The van der Waals surface area contributed by atoms with Crippen molar-refractivity contribution in [3.63, 3.8) is 0 Å². The zero-order chi connectivity index (χ0) is 23.8. The summed E-state index contributed by atoms with van der Waals surface area (Å²) < 4.78 is 11.9. The van der Waals surface area contributed by atoms with Crippen LogP contribution in [0.2, 0.25) is 0 Å². The van der Waals surface area contributed by atoms with E-state index in [2.05, 4.69) is 40.6 Å². The molecule has 34 heavy (non-hydrogen) atoms. The van der Waals surface area contributed by atoms with Gasteiger partial charge in [0.25, 0.3) is 0 Å². The van der Waals surface area contributed by atoms with Gasteiger partial charge in [-0.1, -0.05) is 42.5 Å². The number of nitrogens with two attached hydrogens (primary N) is 1. The minimum atomic E-state index is -0.264. The molecule has 1 aromatic heterocycles. The van der Waals surface area contributed by atoms with Gasteiger partial charge in [0.1, 0.15) is 0 Å². The van der Waals surface area contributed by atoms with Crippen molar-refractivity contribution in [2.75, 3.05) is 26.3 Å². The number of morpholine rings is 1. The zero-order valence-corrected chi connectivity index (χ0v) is 20.4. The molecular weight excluding hydrogens is 448 g/mol. The smallest absolute Gasteiger partial charge is 0.217 e. The lowest BCUT2D eigenvalue weighted by atomic mass is 9.95. The predicted molar refractivity (Wildman–Crippen MR) is 134 cm³/mol. The average molecular weight is 483 g/mol. The number of benzene rings is 1. The SMILES string of the molecule is NC(=O)CCC/C=C\C[C@H]1[C@H](N2CCOCC2)C(=O)C[C@H]1OCc1csc(-c2ccccc2)c1. The first-order valence-corrected chi connectivity index (χ1v) is 13.0. The second-order valence-electron chi connectivity index (χ2n) is 9.03. The van der Waals surface area contributed by atoms with Gasteiger partial charge in [-0.25, -0.2) is 0 Å². The molecule has 0 bridgehead atoms. The molecular formula is C27H34N2O4S. The second-order valence-corrected chi connectivity index (χ2v) is 9.94. The third-order valence-electron chi connectivity index (χ3n) is 6.60. The van der Waals surface area contributed by atoms with Crippen LogP contribution >= 0.6 is 11.3 Å². The predicted octanol–water partition coefficient (Wildman–Crippen LogP) is 4.19. The fourth-order valence-electron chi connectivity index (χ4n) is 4.88. The van der Waals surface area contributed by atoms with E-state index in [1.807, 2.05) is 18.2 Å². The van der Waals surface area contributed by atoms with Crippen molar-refractivity contribution in [2.45, 2.75) is 50.9 Å². The normalized spacial score (nSPS) is 23.6. The summed E-state index contributed by atoms with van der Waals surface area (Å²) in [7, 11) is 0. The third kappa shape index (κ3) is 6.63. The minimum Gasteiger partial charge on any atom is -0.379 e. The molecule has 1 aliphatic heterocycles. The maximum atomic E-state index is 13.1. The Balaban J connectivity index is 1.39. The number of unbranched alkanes of at least 4 members (excludes halogenated alkanes) is 1. The molecule has 2 fully saturated rings. The van der Waals surface area contributed by atoms with E-state index in [4.69, 9.17) is 15.2 Å². The molecule has 182 valence electrons. The number of hydrogen-bond acceptors (Lipinski definition) is 6. The molecule has 1 saturated carbocycles. The number of carbonyl (C=O) groups is 2. The molecule has 0 unspecified atom stereocenters. The first kappa shape index (κ1) is 24.8. The monoisotopic (exact) mass is 482 g/mol. The number of allylic oxidation sites excluding steroid dienone is 2. The Morgan fingerprint density at radius 1 is 1.21 bits per heavy atom. The van der Waals surface area contributed by atoms with Gasteiger partial charge in [-0.3, -0.25) is 14.5 Å². The van der Waals surface area contributed by atoms with Gasteiger partial charge in [0.2, 0.25) is 5.91 Å². The summed E-state index contributed by atoms with van der Waals surface area (Å²) in [4.78, 5) is 27.5. The van der Waals surface area contributed by atoms with Crippen molar-refractivity contribution in [1.29, 1.82) is 0 Å². The van der Waals surface area contributed by atoms with E-state index in [1.54, 1.807) is 11.3 Å². The lowest BCUT2D eigenvalue weighted by Gasteiger charge is -2.35. The third-order valence-corrected chi connectivity index (χ3v) is 7.63. The van der Waals surface area contributed by atoms with E-state index < -0.39 is 0 Å². The highest BCUT2D eigenvalue weighted by Gasteiger charge is 2.45. The number of Topliss-reactive ketones (excluding diaryl/α,β-unsaturated/α-hetero) is 1. The number of carbonyl (C=O) groups excluding carboxylic acids is 2. The quantitative estimate of drug-likeness (QED) is 0.384. The van der Waals surface area contributed by atoms with E-state index in [1.165, 1.54) is 10.4 Å². The van der Waals surface area contributed by atoms with Crippen molar-refractivity contribution < 1.29 is 19.1 Å². The zero-order valence-electron chi connectivity index (χ0n) is 19.6. The summed E-state index contributed by atoms with van der Waals surface area (Å²) in [5.41, 5.74) is 7.58. The van der Waals surface area contributed by atoms with Crippen LogP contribution < -0.4 is 5.73 Å². The summed E-state index contributed by atoms with van der Waals surface area (Å²) in [6.45, 7) is 3.42. The van der Waals surface area contributed by atoms with E-state index in [-0.39, 0.29) is 29.8 Å². The van der Waals surface area contributed by atoms with Crippen molar-refractivity contribution in [3.8, 4) is 10.4 Å². The Morgan fingerprint density at radius 2 is 2.00 bits per heavy atom. The number of nitrogens with zero attached hydrogens (tertiary/aromatic N) is 1. The number of hydrogen-bond donors (Lipinski definition) is 1. The summed E-state index contributed by atoms with van der Waals surface area (Å²) >= 11 is 1.72. The van der Waals surface area contributed by atoms with Crippen LogP contribution in [-0.2, 0) is 25.7 Å². The van der Waals surface area contributed by atoms with Crippen LogP contribution in [0.15, 0.2) is 53.9 Å². The number of amides is 1. The Hall–Kier alpha value is -2.32. The maximum absolute atomic E-state index is 13.1. The number of primary amides is 1. The number of rotatable bonds is 11. The molecule has 2 heterocycles. The lowest BCUT2D eigenvalue weighted by Crippen LogP contribution is -2.49. The number of thiophene rings is 1. The molecule has 1 amide bonds. The first-order chi connectivity index (χ1) is 16.6. The minimum absolute atomic E-state index is 0.101.